The summed E-state index contributed by atoms with van der Waals surface area (Å²) in [6.07, 6.45) is -1.65. The van der Waals surface area contributed by atoms with Gasteiger partial charge in [0, 0.05) is 5.02 Å². The van der Waals surface area contributed by atoms with Crippen LogP contribution in [0.25, 0.3) is 0 Å². The summed E-state index contributed by atoms with van der Waals surface area (Å²) < 4.78 is 11.0. The Morgan fingerprint density at radius 3 is 2.43 bits per heavy atom. The van der Waals surface area contributed by atoms with Gasteiger partial charge in [0.2, 0.25) is 0 Å². The highest BCUT2D eigenvalue weighted by Gasteiger charge is 2.41. The predicted molar refractivity (Wildman–Crippen MR) is 107 cm³/mol. The van der Waals surface area contributed by atoms with E-state index in [2.05, 4.69) is 0 Å². The van der Waals surface area contributed by atoms with E-state index in [1.54, 1.807) is 25.3 Å². The van der Waals surface area contributed by atoms with Crippen molar-refractivity contribution in [2.45, 2.75) is 44.2 Å². The van der Waals surface area contributed by atoms with E-state index in [1.165, 1.54) is 0 Å². The lowest BCUT2D eigenvalue weighted by atomic mass is 9.91. The number of hydrogen-bond donors (Lipinski definition) is 3. The minimum absolute atomic E-state index is 0.275. The fourth-order valence-electron chi connectivity index (χ4n) is 3.33. The van der Waals surface area contributed by atoms with Crippen LogP contribution in [0, 0.1) is 0 Å². The molecule has 0 bridgehead atoms. The lowest BCUT2D eigenvalue weighted by Crippen LogP contribution is -2.47. The first kappa shape index (κ1) is 20.7. The van der Waals surface area contributed by atoms with Crippen LogP contribution in [0.2, 0.25) is 5.02 Å². The third kappa shape index (κ3) is 4.33. The van der Waals surface area contributed by atoms with Gasteiger partial charge in [0.1, 0.15) is 29.8 Å². The lowest BCUT2D eigenvalue weighted by Gasteiger charge is -2.37. The third-order valence-corrected chi connectivity index (χ3v) is 5.26. The number of aliphatic hydroxyl groups excluding tert-OH is 3. The Kier molecular flexibility index (Phi) is 6.62. The summed E-state index contributed by atoms with van der Waals surface area (Å²) in [6.45, 7) is 1.91. The van der Waals surface area contributed by atoms with Gasteiger partial charge in [0.15, 0.2) is 6.10 Å². The summed E-state index contributed by atoms with van der Waals surface area (Å²) in [4.78, 5) is 0. The SMILES string of the molecule is CC/C=C1\OC(c2ccc(Cl)c(Cc3ccc(OC)cc3)c2)[C@H](O)[C@@H](O)[C@@H]1O. The fraction of sp³-hybridized carbons (Fsp3) is 0.364. The molecule has 0 spiro atoms. The van der Waals surface area contributed by atoms with Gasteiger partial charge in [-0.3, -0.25) is 0 Å². The summed E-state index contributed by atoms with van der Waals surface area (Å²) in [6, 6.07) is 13.1. The molecule has 1 aliphatic rings. The summed E-state index contributed by atoms with van der Waals surface area (Å²) in [7, 11) is 1.62. The molecule has 3 N–H and O–H groups in total. The van der Waals surface area contributed by atoms with Crippen LogP contribution in [0.5, 0.6) is 5.75 Å². The topological polar surface area (TPSA) is 79.2 Å². The Morgan fingerprint density at radius 2 is 1.79 bits per heavy atom. The molecule has 1 heterocycles. The number of allylic oxidation sites excluding steroid dienone is 1. The molecule has 1 fully saturated rings. The molecular formula is C22H25ClO5. The Labute approximate surface area is 169 Å². The van der Waals surface area contributed by atoms with Crippen LogP contribution in [-0.4, -0.2) is 40.7 Å². The fourth-order valence-corrected chi connectivity index (χ4v) is 3.51. The molecule has 150 valence electrons. The number of aliphatic hydroxyl groups is 3. The Bertz CT molecular complexity index is 833. The first-order valence-electron chi connectivity index (χ1n) is 9.26. The minimum Gasteiger partial charge on any atom is -0.497 e. The molecule has 0 aliphatic carbocycles. The van der Waals surface area contributed by atoms with Crippen molar-refractivity contribution in [1.82, 2.24) is 0 Å². The van der Waals surface area contributed by atoms with Crippen molar-refractivity contribution in [1.29, 1.82) is 0 Å². The molecule has 3 rings (SSSR count). The summed E-state index contributed by atoms with van der Waals surface area (Å²) >= 11 is 6.38. The average Bonchev–Trinajstić information content (AvgIpc) is 2.71. The quantitative estimate of drug-likeness (QED) is 0.712. The van der Waals surface area contributed by atoms with Crippen molar-refractivity contribution in [2.75, 3.05) is 7.11 Å². The van der Waals surface area contributed by atoms with Crippen molar-refractivity contribution >= 4 is 11.6 Å². The maximum Gasteiger partial charge on any atom is 0.152 e. The molecule has 2 aromatic rings. The predicted octanol–water partition coefficient (Wildman–Crippen LogP) is 3.39. The van der Waals surface area contributed by atoms with Crippen LogP contribution in [0.4, 0.5) is 0 Å². The van der Waals surface area contributed by atoms with E-state index in [4.69, 9.17) is 21.1 Å². The van der Waals surface area contributed by atoms with Gasteiger partial charge in [-0.2, -0.15) is 0 Å². The van der Waals surface area contributed by atoms with Crippen molar-refractivity contribution in [3.63, 3.8) is 0 Å². The molecule has 1 saturated heterocycles. The summed E-state index contributed by atoms with van der Waals surface area (Å²) in [5.41, 5.74) is 2.63. The van der Waals surface area contributed by atoms with Gasteiger partial charge in [0.05, 0.1) is 7.11 Å². The van der Waals surface area contributed by atoms with Gasteiger partial charge in [0.25, 0.3) is 0 Å². The van der Waals surface area contributed by atoms with Crippen molar-refractivity contribution in [3.8, 4) is 5.75 Å². The number of benzene rings is 2. The second-order valence-corrected chi connectivity index (χ2v) is 7.26. The van der Waals surface area contributed by atoms with E-state index < -0.39 is 24.4 Å². The highest BCUT2D eigenvalue weighted by atomic mass is 35.5. The number of ether oxygens (including phenoxy) is 2. The zero-order valence-electron chi connectivity index (χ0n) is 15.9. The number of rotatable bonds is 5. The first-order chi connectivity index (χ1) is 13.4. The van der Waals surface area contributed by atoms with E-state index in [1.807, 2.05) is 37.3 Å². The van der Waals surface area contributed by atoms with Crippen molar-refractivity contribution < 1.29 is 24.8 Å². The van der Waals surface area contributed by atoms with Crippen molar-refractivity contribution in [3.05, 3.63) is 76.0 Å². The molecule has 0 radical (unpaired) electrons. The van der Waals surface area contributed by atoms with Gasteiger partial charge in [-0.15, -0.1) is 0 Å². The first-order valence-corrected chi connectivity index (χ1v) is 9.64. The van der Waals surface area contributed by atoms with E-state index in [0.29, 0.717) is 23.4 Å². The van der Waals surface area contributed by atoms with E-state index >= 15 is 0 Å². The third-order valence-electron chi connectivity index (χ3n) is 4.90. The van der Waals surface area contributed by atoms with E-state index in [0.717, 1.165) is 16.9 Å². The highest BCUT2D eigenvalue weighted by Crippen LogP contribution is 2.36. The Balaban J connectivity index is 1.88. The van der Waals surface area contributed by atoms with Crippen LogP contribution in [0.1, 0.15) is 36.1 Å². The normalized spacial score (nSPS) is 26.1. The molecule has 1 unspecified atom stereocenters. The largest absolute Gasteiger partial charge is 0.497 e. The second kappa shape index (κ2) is 8.97. The van der Waals surface area contributed by atoms with Crippen LogP contribution in [0.3, 0.4) is 0 Å². The zero-order chi connectivity index (χ0) is 20.3. The number of hydrogen-bond acceptors (Lipinski definition) is 5. The summed E-state index contributed by atoms with van der Waals surface area (Å²) in [5.74, 6) is 1.06. The molecule has 2 aromatic carbocycles. The molecule has 5 nitrogen and oxygen atoms in total. The van der Waals surface area contributed by atoms with Gasteiger partial charge < -0.3 is 24.8 Å². The zero-order valence-corrected chi connectivity index (χ0v) is 16.6. The maximum atomic E-state index is 10.4. The number of halogens is 1. The standard InChI is InChI=1S/C22H25ClO5/c1-3-4-18-19(24)20(25)21(26)22(28-18)14-7-10-17(23)15(12-14)11-13-5-8-16(27-2)9-6-13/h4-10,12,19-22,24-26H,3,11H2,1-2H3/b18-4-/t19-,20+,21-,22?/m1/s1. The molecule has 0 amide bonds. The molecule has 6 heteroatoms. The monoisotopic (exact) mass is 404 g/mol. The second-order valence-electron chi connectivity index (χ2n) is 6.85. The lowest BCUT2D eigenvalue weighted by molar-refractivity contribution is -0.157. The average molecular weight is 405 g/mol. The molecular weight excluding hydrogens is 380 g/mol. The molecule has 28 heavy (non-hydrogen) atoms. The molecule has 4 atom stereocenters. The van der Waals surface area contributed by atoms with Crippen LogP contribution in [0.15, 0.2) is 54.3 Å². The van der Waals surface area contributed by atoms with E-state index in [-0.39, 0.29) is 5.76 Å². The van der Waals surface area contributed by atoms with Gasteiger partial charge in [-0.25, -0.2) is 0 Å². The highest BCUT2D eigenvalue weighted by molar-refractivity contribution is 6.31. The van der Waals surface area contributed by atoms with Crippen LogP contribution < -0.4 is 4.74 Å². The molecule has 0 saturated carbocycles. The van der Waals surface area contributed by atoms with Gasteiger partial charge in [-0.05, 0) is 53.8 Å². The van der Waals surface area contributed by atoms with Gasteiger partial charge >= 0.3 is 0 Å². The smallest absolute Gasteiger partial charge is 0.152 e. The van der Waals surface area contributed by atoms with E-state index in [9.17, 15) is 15.3 Å². The molecule has 1 aliphatic heterocycles. The van der Waals surface area contributed by atoms with Crippen molar-refractivity contribution in [2.24, 2.45) is 0 Å². The Morgan fingerprint density at radius 1 is 1.07 bits per heavy atom. The van der Waals surface area contributed by atoms with Crippen LogP contribution in [-0.2, 0) is 11.2 Å². The minimum atomic E-state index is -1.32. The maximum absolute atomic E-state index is 10.4. The van der Waals surface area contributed by atoms with Crippen LogP contribution >= 0.6 is 11.6 Å². The van der Waals surface area contributed by atoms with Gasteiger partial charge in [-0.1, -0.05) is 42.8 Å². The Hall–Kier alpha value is -2.05. The molecule has 0 aromatic heterocycles. The summed E-state index contributed by atoms with van der Waals surface area (Å²) in [5, 5.41) is 31.4. The number of methoxy groups -OCH3 is 1.